The lowest BCUT2D eigenvalue weighted by molar-refractivity contribution is -0.136. The normalized spacial score (nSPS) is 13.9. The highest BCUT2D eigenvalue weighted by atomic mass is 19.4. The summed E-state index contributed by atoms with van der Waals surface area (Å²) in [5.41, 5.74) is -0.464. The van der Waals surface area contributed by atoms with Gasteiger partial charge in [-0.05, 0) is 36.4 Å². The van der Waals surface area contributed by atoms with E-state index in [1.807, 2.05) is 0 Å². The highest BCUT2D eigenvalue weighted by Crippen LogP contribution is 2.37. The summed E-state index contributed by atoms with van der Waals surface area (Å²) in [6.07, 6.45) is -3.20. The fraction of sp³-hybridized carbons (Fsp3) is 0.250. The number of alkyl halides is 3. The second kappa shape index (κ2) is 10.6. The van der Waals surface area contributed by atoms with Crippen LogP contribution in [0, 0.1) is 5.82 Å². The third-order valence-corrected chi connectivity index (χ3v) is 5.23. The topological polar surface area (TPSA) is 75.7 Å². The summed E-state index contributed by atoms with van der Waals surface area (Å²) in [4.78, 5) is 18.3. The Labute approximate surface area is 198 Å². The van der Waals surface area contributed by atoms with Crippen LogP contribution in [-0.2, 0) is 17.5 Å². The van der Waals surface area contributed by atoms with Gasteiger partial charge in [0, 0.05) is 43.1 Å². The summed E-state index contributed by atoms with van der Waals surface area (Å²) in [5.74, 6) is -0.147. The van der Waals surface area contributed by atoms with Gasteiger partial charge in [-0.25, -0.2) is 14.2 Å². The average Bonchev–Trinajstić information content (AvgIpc) is 2.84. The summed E-state index contributed by atoms with van der Waals surface area (Å²) >= 11 is 0. The molecule has 3 aromatic rings. The summed E-state index contributed by atoms with van der Waals surface area (Å²) in [6.45, 7) is 1.75. The summed E-state index contributed by atoms with van der Waals surface area (Å²) in [6, 6.07) is 11.6. The van der Waals surface area contributed by atoms with Crippen LogP contribution in [-0.4, -0.2) is 37.3 Å². The van der Waals surface area contributed by atoms with Crippen LogP contribution in [0.2, 0.25) is 0 Å². The average molecular weight is 490 g/mol. The van der Waals surface area contributed by atoms with E-state index in [2.05, 4.69) is 15.6 Å². The fourth-order valence-electron chi connectivity index (χ4n) is 3.53. The van der Waals surface area contributed by atoms with E-state index in [0.717, 1.165) is 6.07 Å². The van der Waals surface area contributed by atoms with Crippen LogP contribution < -0.4 is 20.3 Å². The number of aromatic nitrogens is 1. The number of amides is 2. The maximum absolute atomic E-state index is 13.7. The van der Waals surface area contributed by atoms with E-state index in [1.54, 1.807) is 23.1 Å². The van der Waals surface area contributed by atoms with Crippen LogP contribution in [0.4, 0.5) is 33.7 Å². The molecule has 2 aromatic carbocycles. The predicted octanol–water partition coefficient (Wildman–Crippen LogP) is 5.19. The molecule has 2 amide bonds. The maximum atomic E-state index is 13.7. The Morgan fingerprint density at radius 1 is 1.09 bits per heavy atom. The highest BCUT2D eigenvalue weighted by Gasteiger charge is 2.35. The Morgan fingerprint density at radius 2 is 1.89 bits per heavy atom. The number of carbonyl (C=O) groups is 1. The Balaban J connectivity index is 1.44. The van der Waals surface area contributed by atoms with Crippen molar-refractivity contribution in [2.75, 3.05) is 36.5 Å². The van der Waals surface area contributed by atoms with Gasteiger partial charge in [0.05, 0.1) is 24.5 Å². The number of pyridine rings is 1. The van der Waals surface area contributed by atoms with Crippen LogP contribution >= 0.6 is 0 Å². The van der Waals surface area contributed by atoms with Crippen LogP contribution in [0.3, 0.4) is 0 Å². The van der Waals surface area contributed by atoms with Crippen molar-refractivity contribution < 1.29 is 31.8 Å². The monoisotopic (exact) mass is 490 g/mol. The smallest absolute Gasteiger partial charge is 0.418 e. The lowest BCUT2D eigenvalue weighted by Gasteiger charge is -2.29. The van der Waals surface area contributed by atoms with Gasteiger partial charge in [0.1, 0.15) is 11.6 Å². The summed E-state index contributed by atoms with van der Waals surface area (Å²) in [5, 5.41) is 4.77. The quantitative estimate of drug-likeness (QED) is 0.465. The number of rotatable bonds is 6. The SMILES string of the molecule is O=C(NCc1cccnc1Oc1cccc(F)c1)Nc1ccc(N2CCOCC2)cc1C(F)(F)F. The molecule has 1 aliphatic rings. The fourth-order valence-corrected chi connectivity index (χ4v) is 3.53. The van der Waals surface area contributed by atoms with Crippen molar-refractivity contribution in [1.82, 2.24) is 10.3 Å². The van der Waals surface area contributed by atoms with E-state index in [-0.39, 0.29) is 23.9 Å². The molecule has 0 saturated carbocycles. The Bertz CT molecular complexity index is 1180. The molecular formula is C24H22F4N4O3. The van der Waals surface area contributed by atoms with Crippen LogP contribution in [0.5, 0.6) is 11.6 Å². The number of urea groups is 1. The standard InChI is InChI=1S/C24H22F4N4O3/c25-17-4-1-5-19(13-17)35-22-16(3-2-8-29-22)15-30-23(33)31-21-7-6-18(14-20(21)24(26,27)28)32-9-11-34-12-10-32/h1-8,13-14H,9-12,15H2,(H2,30,31,33). The molecule has 1 aromatic heterocycles. The van der Waals surface area contributed by atoms with Crippen molar-refractivity contribution in [2.45, 2.75) is 12.7 Å². The minimum atomic E-state index is -4.67. The molecule has 1 fully saturated rings. The van der Waals surface area contributed by atoms with Crippen molar-refractivity contribution in [3.63, 3.8) is 0 Å². The van der Waals surface area contributed by atoms with Gasteiger partial charge in [-0.3, -0.25) is 0 Å². The van der Waals surface area contributed by atoms with Gasteiger partial charge >= 0.3 is 12.2 Å². The molecular weight excluding hydrogens is 468 g/mol. The van der Waals surface area contributed by atoms with Crippen LogP contribution in [0.15, 0.2) is 60.8 Å². The van der Waals surface area contributed by atoms with Crippen molar-refractivity contribution in [3.8, 4) is 11.6 Å². The number of hydrogen-bond donors (Lipinski definition) is 2. The first-order valence-electron chi connectivity index (χ1n) is 10.8. The third kappa shape index (κ3) is 6.38. The molecule has 7 nitrogen and oxygen atoms in total. The number of nitrogens with zero attached hydrogens (tertiary/aromatic N) is 2. The van der Waals surface area contributed by atoms with Crippen molar-refractivity contribution in [2.24, 2.45) is 0 Å². The van der Waals surface area contributed by atoms with E-state index in [9.17, 15) is 22.4 Å². The molecule has 0 bridgehead atoms. The number of ether oxygens (including phenoxy) is 2. The molecule has 0 radical (unpaired) electrons. The van der Waals surface area contributed by atoms with E-state index in [0.29, 0.717) is 37.6 Å². The number of hydrogen-bond acceptors (Lipinski definition) is 5. The van der Waals surface area contributed by atoms with Gasteiger partial charge in [0.25, 0.3) is 0 Å². The zero-order valence-electron chi connectivity index (χ0n) is 18.4. The molecule has 0 unspecified atom stereocenters. The van der Waals surface area contributed by atoms with E-state index >= 15 is 0 Å². The highest BCUT2D eigenvalue weighted by molar-refractivity contribution is 5.90. The predicted molar refractivity (Wildman–Crippen MR) is 121 cm³/mol. The van der Waals surface area contributed by atoms with Crippen molar-refractivity contribution in [3.05, 3.63) is 77.7 Å². The first-order chi connectivity index (χ1) is 16.8. The second-order valence-corrected chi connectivity index (χ2v) is 7.66. The minimum absolute atomic E-state index is 0.0858. The number of morpholine rings is 1. The Morgan fingerprint density at radius 3 is 2.63 bits per heavy atom. The molecule has 35 heavy (non-hydrogen) atoms. The van der Waals surface area contributed by atoms with Gasteiger partial charge in [-0.1, -0.05) is 12.1 Å². The number of anilines is 2. The van der Waals surface area contributed by atoms with Crippen LogP contribution in [0.1, 0.15) is 11.1 Å². The summed E-state index contributed by atoms with van der Waals surface area (Å²) < 4.78 is 65.4. The van der Waals surface area contributed by atoms with Gasteiger partial charge in [0.15, 0.2) is 0 Å². The molecule has 1 aliphatic heterocycles. The first-order valence-corrected chi connectivity index (χ1v) is 10.8. The van der Waals surface area contributed by atoms with Gasteiger partial charge in [-0.15, -0.1) is 0 Å². The second-order valence-electron chi connectivity index (χ2n) is 7.66. The van der Waals surface area contributed by atoms with Crippen LogP contribution in [0.25, 0.3) is 0 Å². The molecule has 11 heteroatoms. The molecule has 4 rings (SSSR count). The van der Waals surface area contributed by atoms with Gasteiger partial charge < -0.3 is 25.0 Å². The van der Waals surface area contributed by atoms with Crippen molar-refractivity contribution in [1.29, 1.82) is 0 Å². The minimum Gasteiger partial charge on any atom is -0.439 e. The number of nitrogens with one attached hydrogen (secondary N) is 2. The Hall–Kier alpha value is -3.86. The Kier molecular flexibility index (Phi) is 7.35. The molecule has 184 valence electrons. The number of carbonyl (C=O) groups excluding carboxylic acids is 1. The molecule has 2 heterocycles. The van der Waals surface area contributed by atoms with E-state index in [4.69, 9.17) is 9.47 Å². The van der Waals surface area contributed by atoms with E-state index < -0.39 is 23.6 Å². The zero-order valence-corrected chi connectivity index (χ0v) is 18.4. The lowest BCUT2D eigenvalue weighted by Crippen LogP contribution is -2.36. The molecule has 2 N–H and O–H groups in total. The third-order valence-electron chi connectivity index (χ3n) is 5.23. The lowest BCUT2D eigenvalue weighted by atomic mass is 10.1. The molecule has 0 atom stereocenters. The largest absolute Gasteiger partial charge is 0.439 e. The number of benzene rings is 2. The summed E-state index contributed by atoms with van der Waals surface area (Å²) in [7, 11) is 0. The number of halogens is 4. The van der Waals surface area contributed by atoms with Crippen molar-refractivity contribution >= 4 is 17.4 Å². The zero-order chi connectivity index (χ0) is 24.8. The maximum Gasteiger partial charge on any atom is 0.418 e. The van der Waals surface area contributed by atoms with E-state index in [1.165, 1.54) is 36.5 Å². The molecule has 0 aliphatic carbocycles. The first kappa shape index (κ1) is 24.3. The van der Waals surface area contributed by atoms with Gasteiger partial charge in [0.2, 0.25) is 5.88 Å². The molecule has 1 saturated heterocycles. The van der Waals surface area contributed by atoms with Gasteiger partial charge in [-0.2, -0.15) is 13.2 Å². The molecule has 0 spiro atoms.